The molecule has 1 atom stereocenters. The first kappa shape index (κ1) is 17.5. The Balaban J connectivity index is 2.47. The standard InChI is InChI=1S/C17H27NO3/c1-6-18(12-15(4)17(19)20-5)10-11-21-16-13(2)8-7-9-14(16)3/h7-9,15H,6,10-12H2,1-5H3. The van der Waals surface area contributed by atoms with E-state index in [-0.39, 0.29) is 11.9 Å². The summed E-state index contributed by atoms with van der Waals surface area (Å²) in [5.41, 5.74) is 2.31. The molecule has 1 unspecified atom stereocenters. The number of rotatable bonds is 8. The predicted octanol–water partition coefficient (Wildman–Crippen LogP) is 2.81. The minimum absolute atomic E-state index is 0.116. The first-order valence-electron chi connectivity index (χ1n) is 7.48. The van der Waals surface area contributed by atoms with Gasteiger partial charge in [0.25, 0.3) is 0 Å². The average Bonchev–Trinajstić information content (AvgIpc) is 2.47. The third-order valence-corrected chi connectivity index (χ3v) is 3.65. The monoisotopic (exact) mass is 293 g/mol. The van der Waals surface area contributed by atoms with Crippen LogP contribution in [0.15, 0.2) is 18.2 Å². The fourth-order valence-corrected chi connectivity index (χ4v) is 2.35. The highest BCUT2D eigenvalue weighted by Gasteiger charge is 2.16. The van der Waals surface area contributed by atoms with Crippen molar-refractivity contribution in [3.05, 3.63) is 29.3 Å². The van der Waals surface area contributed by atoms with Crippen molar-refractivity contribution in [1.82, 2.24) is 4.90 Å². The van der Waals surface area contributed by atoms with Gasteiger partial charge < -0.3 is 9.47 Å². The van der Waals surface area contributed by atoms with E-state index in [2.05, 4.69) is 37.8 Å². The molecule has 0 aromatic heterocycles. The van der Waals surface area contributed by atoms with Crippen molar-refractivity contribution in [3.63, 3.8) is 0 Å². The molecule has 1 aromatic carbocycles. The maximum Gasteiger partial charge on any atom is 0.309 e. The van der Waals surface area contributed by atoms with Crippen LogP contribution in [0.5, 0.6) is 5.75 Å². The number of hydrogen-bond acceptors (Lipinski definition) is 4. The van der Waals surface area contributed by atoms with Crippen molar-refractivity contribution < 1.29 is 14.3 Å². The second-order valence-electron chi connectivity index (χ2n) is 5.39. The van der Waals surface area contributed by atoms with Gasteiger partial charge in [0, 0.05) is 13.1 Å². The summed E-state index contributed by atoms with van der Waals surface area (Å²) < 4.78 is 10.7. The van der Waals surface area contributed by atoms with Gasteiger partial charge >= 0.3 is 5.97 Å². The van der Waals surface area contributed by atoms with Crippen molar-refractivity contribution in [3.8, 4) is 5.75 Å². The lowest BCUT2D eigenvalue weighted by molar-refractivity contribution is -0.145. The number of benzene rings is 1. The maximum atomic E-state index is 11.5. The van der Waals surface area contributed by atoms with E-state index in [1.54, 1.807) is 0 Å². The number of carbonyl (C=O) groups is 1. The van der Waals surface area contributed by atoms with Crippen LogP contribution in [0.3, 0.4) is 0 Å². The molecule has 0 N–H and O–H groups in total. The van der Waals surface area contributed by atoms with Crippen LogP contribution in [-0.4, -0.2) is 44.2 Å². The molecule has 0 radical (unpaired) electrons. The summed E-state index contributed by atoms with van der Waals surface area (Å²) in [5, 5.41) is 0. The Morgan fingerprint density at radius 3 is 2.43 bits per heavy atom. The quantitative estimate of drug-likeness (QED) is 0.691. The number of esters is 1. The molecule has 1 rings (SSSR count). The van der Waals surface area contributed by atoms with Crippen molar-refractivity contribution >= 4 is 5.97 Å². The van der Waals surface area contributed by atoms with E-state index in [1.165, 1.54) is 7.11 Å². The fraction of sp³-hybridized carbons (Fsp3) is 0.588. The number of hydrogen-bond donors (Lipinski definition) is 0. The van der Waals surface area contributed by atoms with Gasteiger partial charge in [-0.2, -0.15) is 0 Å². The number of methoxy groups -OCH3 is 1. The summed E-state index contributed by atoms with van der Waals surface area (Å²) in [4.78, 5) is 13.7. The molecule has 1 aromatic rings. The lowest BCUT2D eigenvalue weighted by Crippen LogP contribution is -2.35. The average molecular weight is 293 g/mol. The molecular weight excluding hydrogens is 266 g/mol. The third kappa shape index (κ3) is 5.38. The highest BCUT2D eigenvalue weighted by molar-refractivity contribution is 5.72. The molecule has 0 spiro atoms. The van der Waals surface area contributed by atoms with E-state index >= 15 is 0 Å². The van der Waals surface area contributed by atoms with E-state index in [1.807, 2.05) is 13.0 Å². The van der Waals surface area contributed by atoms with Crippen LogP contribution >= 0.6 is 0 Å². The van der Waals surface area contributed by atoms with E-state index in [9.17, 15) is 4.79 Å². The fourth-order valence-electron chi connectivity index (χ4n) is 2.35. The summed E-state index contributed by atoms with van der Waals surface area (Å²) in [6.45, 7) is 11.1. The summed E-state index contributed by atoms with van der Waals surface area (Å²) in [6.07, 6.45) is 0. The minimum atomic E-state index is -0.163. The molecule has 0 aliphatic rings. The molecular formula is C17H27NO3. The maximum absolute atomic E-state index is 11.5. The van der Waals surface area contributed by atoms with Gasteiger partial charge in [0.2, 0.25) is 0 Å². The van der Waals surface area contributed by atoms with Gasteiger partial charge in [-0.25, -0.2) is 0 Å². The first-order valence-corrected chi connectivity index (χ1v) is 7.48. The molecule has 0 fully saturated rings. The summed E-state index contributed by atoms with van der Waals surface area (Å²) in [6, 6.07) is 6.15. The van der Waals surface area contributed by atoms with Crippen molar-refractivity contribution in [1.29, 1.82) is 0 Å². The number of likely N-dealkylation sites (N-methyl/N-ethyl adjacent to an activating group) is 1. The van der Waals surface area contributed by atoms with Gasteiger partial charge in [-0.3, -0.25) is 9.69 Å². The molecule has 0 aliphatic heterocycles. The van der Waals surface area contributed by atoms with Gasteiger partial charge in [0.1, 0.15) is 12.4 Å². The zero-order valence-corrected chi connectivity index (χ0v) is 13.8. The number of ether oxygens (including phenoxy) is 2. The first-order chi connectivity index (χ1) is 9.99. The molecule has 0 amide bonds. The zero-order valence-electron chi connectivity index (χ0n) is 13.8. The lowest BCUT2D eigenvalue weighted by atomic mass is 10.1. The largest absolute Gasteiger partial charge is 0.492 e. The second kappa shape index (κ2) is 8.67. The molecule has 0 aliphatic carbocycles. The number of carbonyl (C=O) groups excluding carboxylic acids is 1. The third-order valence-electron chi connectivity index (χ3n) is 3.65. The normalized spacial score (nSPS) is 12.3. The van der Waals surface area contributed by atoms with Crippen LogP contribution in [0, 0.1) is 19.8 Å². The smallest absolute Gasteiger partial charge is 0.309 e. The SMILES string of the molecule is CCN(CCOc1c(C)cccc1C)CC(C)C(=O)OC. The Bertz CT molecular complexity index is 439. The number of nitrogens with zero attached hydrogens (tertiary/aromatic N) is 1. The van der Waals surface area contributed by atoms with E-state index in [0.717, 1.165) is 30.0 Å². The Kier molecular flexibility index (Phi) is 7.23. The molecule has 4 nitrogen and oxygen atoms in total. The molecule has 0 saturated carbocycles. The molecule has 0 heterocycles. The Hall–Kier alpha value is -1.55. The van der Waals surface area contributed by atoms with Crippen LogP contribution < -0.4 is 4.74 Å². The van der Waals surface area contributed by atoms with E-state index in [4.69, 9.17) is 9.47 Å². The van der Waals surface area contributed by atoms with Crippen molar-refractivity contribution in [2.24, 2.45) is 5.92 Å². The van der Waals surface area contributed by atoms with Crippen LogP contribution in [0.2, 0.25) is 0 Å². The number of aryl methyl sites for hydroxylation is 2. The van der Waals surface area contributed by atoms with E-state index in [0.29, 0.717) is 13.2 Å². The topological polar surface area (TPSA) is 38.8 Å². The van der Waals surface area contributed by atoms with Crippen LogP contribution in [-0.2, 0) is 9.53 Å². The van der Waals surface area contributed by atoms with Gasteiger partial charge in [-0.15, -0.1) is 0 Å². The number of para-hydroxylation sites is 1. The lowest BCUT2D eigenvalue weighted by Gasteiger charge is -2.23. The van der Waals surface area contributed by atoms with Crippen molar-refractivity contribution in [2.45, 2.75) is 27.7 Å². The Morgan fingerprint density at radius 2 is 1.90 bits per heavy atom. The van der Waals surface area contributed by atoms with Crippen LogP contribution in [0.1, 0.15) is 25.0 Å². The molecule has 21 heavy (non-hydrogen) atoms. The molecule has 4 heteroatoms. The Morgan fingerprint density at radius 1 is 1.29 bits per heavy atom. The summed E-state index contributed by atoms with van der Waals surface area (Å²) in [5.74, 6) is 0.689. The summed E-state index contributed by atoms with van der Waals surface area (Å²) >= 11 is 0. The minimum Gasteiger partial charge on any atom is -0.492 e. The molecule has 0 bridgehead atoms. The van der Waals surface area contributed by atoms with Crippen LogP contribution in [0.25, 0.3) is 0 Å². The Labute approximate surface area is 128 Å². The predicted molar refractivity (Wildman–Crippen MR) is 84.7 cm³/mol. The summed E-state index contributed by atoms with van der Waals surface area (Å²) in [7, 11) is 1.43. The van der Waals surface area contributed by atoms with Gasteiger partial charge in [0.05, 0.1) is 13.0 Å². The second-order valence-corrected chi connectivity index (χ2v) is 5.39. The highest BCUT2D eigenvalue weighted by Crippen LogP contribution is 2.22. The van der Waals surface area contributed by atoms with Gasteiger partial charge in [-0.1, -0.05) is 32.0 Å². The van der Waals surface area contributed by atoms with Crippen molar-refractivity contribution in [2.75, 3.05) is 33.4 Å². The van der Waals surface area contributed by atoms with E-state index < -0.39 is 0 Å². The zero-order chi connectivity index (χ0) is 15.8. The van der Waals surface area contributed by atoms with Gasteiger partial charge in [-0.05, 0) is 31.5 Å². The molecule has 118 valence electrons. The molecule has 0 saturated heterocycles. The van der Waals surface area contributed by atoms with Crippen LogP contribution in [0.4, 0.5) is 0 Å². The highest BCUT2D eigenvalue weighted by atomic mass is 16.5. The van der Waals surface area contributed by atoms with Gasteiger partial charge in [0.15, 0.2) is 0 Å².